The van der Waals surface area contributed by atoms with Crippen LogP contribution in [-0.4, -0.2) is 31.9 Å². The first-order chi connectivity index (χ1) is 10.0. The molecule has 0 aromatic heterocycles. The molecule has 118 valence electrons. The molecule has 0 spiro atoms. The second-order valence-electron chi connectivity index (χ2n) is 5.31. The van der Waals surface area contributed by atoms with E-state index in [1.165, 1.54) is 6.42 Å². The average Bonchev–Trinajstić information content (AvgIpc) is 2.72. The summed E-state index contributed by atoms with van der Waals surface area (Å²) in [5, 5.41) is 6.85. The van der Waals surface area contributed by atoms with Crippen LogP contribution in [0, 0.1) is 0 Å². The lowest BCUT2D eigenvalue weighted by atomic mass is 10.1. The molecule has 1 fully saturated rings. The Morgan fingerprint density at radius 2 is 1.90 bits per heavy atom. The Morgan fingerprint density at radius 1 is 1.14 bits per heavy atom. The van der Waals surface area contributed by atoms with Gasteiger partial charge in [-0.15, -0.1) is 0 Å². The molecule has 1 aliphatic rings. The molecular weight excluding hydrogens is 281 g/mol. The number of nitrogens with one attached hydrogen (secondary N) is 2. The molecule has 1 atom stereocenters. The molecule has 6 heteroatoms. The highest BCUT2D eigenvalue weighted by Crippen LogP contribution is 2.19. The second-order valence-corrected chi connectivity index (χ2v) is 5.31. The lowest BCUT2D eigenvalue weighted by Gasteiger charge is -2.16. The fourth-order valence-corrected chi connectivity index (χ4v) is 2.35. The van der Waals surface area contributed by atoms with Crippen LogP contribution in [-0.2, 0) is 6.54 Å². The van der Waals surface area contributed by atoms with Crippen molar-refractivity contribution in [3.63, 3.8) is 0 Å². The maximum absolute atomic E-state index is 12.0. The molecule has 2 N–H and O–H groups in total. The summed E-state index contributed by atoms with van der Waals surface area (Å²) in [6, 6.07) is 7.26. The van der Waals surface area contributed by atoms with E-state index in [1.807, 2.05) is 0 Å². The smallest absolute Gasteiger partial charge is 0.422 e. The highest BCUT2D eigenvalue weighted by Gasteiger charge is 2.28. The number of benzene rings is 1. The average molecular weight is 302 g/mol. The summed E-state index contributed by atoms with van der Waals surface area (Å²) in [4.78, 5) is 0. The third-order valence-electron chi connectivity index (χ3n) is 3.50. The quantitative estimate of drug-likeness (QED) is 0.877. The van der Waals surface area contributed by atoms with Gasteiger partial charge < -0.3 is 15.4 Å². The molecule has 0 amide bonds. The zero-order valence-corrected chi connectivity index (χ0v) is 11.9. The van der Waals surface area contributed by atoms with E-state index in [1.54, 1.807) is 24.3 Å². The molecule has 1 saturated heterocycles. The minimum absolute atomic E-state index is 0.245. The Hall–Kier alpha value is -1.27. The van der Waals surface area contributed by atoms with Gasteiger partial charge in [-0.1, -0.05) is 12.1 Å². The van der Waals surface area contributed by atoms with E-state index in [9.17, 15) is 13.2 Å². The maximum atomic E-state index is 12.0. The van der Waals surface area contributed by atoms with Gasteiger partial charge in [0.1, 0.15) is 5.75 Å². The number of hydrogen-bond acceptors (Lipinski definition) is 3. The molecule has 1 aromatic carbocycles. The lowest BCUT2D eigenvalue weighted by molar-refractivity contribution is -0.153. The summed E-state index contributed by atoms with van der Waals surface area (Å²) in [6.07, 6.45) is -0.873. The van der Waals surface area contributed by atoms with E-state index in [-0.39, 0.29) is 5.75 Å². The van der Waals surface area contributed by atoms with E-state index >= 15 is 0 Å². The minimum Gasteiger partial charge on any atom is -0.484 e. The lowest BCUT2D eigenvalue weighted by Crippen LogP contribution is -2.29. The first-order valence-electron chi connectivity index (χ1n) is 7.25. The van der Waals surface area contributed by atoms with Crippen LogP contribution in [0.25, 0.3) is 0 Å². The number of halogens is 3. The molecule has 21 heavy (non-hydrogen) atoms. The summed E-state index contributed by atoms with van der Waals surface area (Å²) in [5.41, 5.74) is 1.05. The monoisotopic (exact) mass is 302 g/mol. The fourth-order valence-electron chi connectivity index (χ4n) is 2.35. The molecule has 2 rings (SSSR count). The third kappa shape index (κ3) is 6.35. The first kappa shape index (κ1) is 16.1. The molecule has 1 aliphatic heterocycles. The number of ether oxygens (including phenoxy) is 1. The van der Waals surface area contributed by atoms with Crippen molar-refractivity contribution in [2.24, 2.45) is 0 Å². The molecule has 3 nitrogen and oxygen atoms in total. The van der Waals surface area contributed by atoms with Gasteiger partial charge in [0.15, 0.2) is 6.61 Å². The molecule has 0 radical (unpaired) electrons. The van der Waals surface area contributed by atoms with Gasteiger partial charge in [0.25, 0.3) is 0 Å². The van der Waals surface area contributed by atoms with Gasteiger partial charge in [0.05, 0.1) is 0 Å². The van der Waals surface area contributed by atoms with Gasteiger partial charge in [-0.2, -0.15) is 13.2 Å². The molecule has 1 heterocycles. The van der Waals surface area contributed by atoms with Crippen LogP contribution in [0.4, 0.5) is 13.2 Å². The van der Waals surface area contributed by atoms with E-state index in [0.29, 0.717) is 6.04 Å². The number of rotatable bonds is 5. The van der Waals surface area contributed by atoms with Gasteiger partial charge in [0, 0.05) is 12.6 Å². The Labute approximate surface area is 122 Å². The van der Waals surface area contributed by atoms with Crippen LogP contribution in [0.15, 0.2) is 24.3 Å². The Morgan fingerprint density at radius 3 is 2.62 bits per heavy atom. The fraction of sp³-hybridized carbons (Fsp3) is 0.600. The van der Waals surface area contributed by atoms with Crippen molar-refractivity contribution in [2.45, 2.75) is 38.0 Å². The normalized spacial score (nSPS) is 20.0. The topological polar surface area (TPSA) is 33.3 Å². The predicted molar refractivity (Wildman–Crippen MR) is 75.3 cm³/mol. The summed E-state index contributed by atoms with van der Waals surface area (Å²) in [7, 11) is 0. The minimum atomic E-state index is -4.30. The van der Waals surface area contributed by atoms with Crippen LogP contribution >= 0.6 is 0 Å². The Kier molecular flexibility index (Phi) is 5.87. The Bertz CT molecular complexity index is 412. The van der Waals surface area contributed by atoms with Gasteiger partial charge >= 0.3 is 6.18 Å². The molecular formula is C15H21F3N2O. The van der Waals surface area contributed by atoms with Crippen molar-refractivity contribution in [2.75, 3.05) is 19.7 Å². The largest absolute Gasteiger partial charge is 0.484 e. The number of hydrogen-bond donors (Lipinski definition) is 2. The molecule has 1 unspecified atom stereocenters. The highest BCUT2D eigenvalue weighted by atomic mass is 19.4. The number of alkyl halides is 3. The second kappa shape index (κ2) is 7.66. The van der Waals surface area contributed by atoms with Gasteiger partial charge in [-0.3, -0.25) is 0 Å². The van der Waals surface area contributed by atoms with Gasteiger partial charge in [-0.25, -0.2) is 0 Å². The molecule has 0 bridgehead atoms. The zero-order chi connectivity index (χ0) is 15.1. The van der Waals surface area contributed by atoms with Gasteiger partial charge in [-0.05, 0) is 50.0 Å². The van der Waals surface area contributed by atoms with E-state index < -0.39 is 12.8 Å². The van der Waals surface area contributed by atoms with Crippen LogP contribution in [0.1, 0.15) is 24.8 Å². The van der Waals surface area contributed by atoms with Crippen molar-refractivity contribution in [3.8, 4) is 5.75 Å². The van der Waals surface area contributed by atoms with Crippen LogP contribution < -0.4 is 15.4 Å². The molecule has 0 aliphatic carbocycles. The van der Waals surface area contributed by atoms with Crippen LogP contribution in [0.3, 0.4) is 0 Å². The summed E-state index contributed by atoms with van der Waals surface area (Å²) >= 11 is 0. The third-order valence-corrected chi connectivity index (χ3v) is 3.50. The van der Waals surface area contributed by atoms with Crippen molar-refractivity contribution in [3.05, 3.63) is 29.8 Å². The Balaban J connectivity index is 1.76. The van der Waals surface area contributed by atoms with E-state index in [0.717, 1.165) is 38.0 Å². The van der Waals surface area contributed by atoms with Crippen molar-refractivity contribution in [1.82, 2.24) is 10.6 Å². The summed E-state index contributed by atoms with van der Waals surface area (Å²) in [5.74, 6) is 0.245. The van der Waals surface area contributed by atoms with Gasteiger partial charge in [0.2, 0.25) is 0 Å². The summed E-state index contributed by atoms with van der Waals surface area (Å²) in [6.45, 7) is 1.58. The van der Waals surface area contributed by atoms with E-state index in [4.69, 9.17) is 0 Å². The van der Waals surface area contributed by atoms with Crippen LogP contribution in [0.2, 0.25) is 0 Å². The first-order valence-corrected chi connectivity index (χ1v) is 7.25. The zero-order valence-electron chi connectivity index (χ0n) is 11.9. The van der Waals surface area contributed by atoms with E-state index in [2.05, 4.69) is 15.4 Å². The highest BCUT2D eigenvalue weighted by molar-refractivity contribution is 5.27. The summed E-state index contributed by atoms with van der Waals surface area (Å²) < 4.78 is 40.8. The van der Waals surface area contributed by atoms with Crippen molar-refractivity contribution < 1.29 is 17.9 Å². The molecule has 1 aromatic rings. The van der Waals surface area contributed by atoms with Crippen molar-refractivity contribution in [1.29, 1.82) is 0 Å². The van der Waals surface area contributed by atoms with Crippen LogP contribution in [0.5, 0.6) is 5.75 Å². The standard InChI is InChI=1S/C15H21F3N2O/c16-15(17,18)11-21-14-5-3-12(4-6-14)10-20-13-2-1-8-19-9-7-13/h3-6,13,19-20H,1-2,7-11H2. The molecule has 0 saturated carbocycles. The van der Waals surface area contributed by atoms with Crippen molar-refractivity contribution >= 4 is 0 Å². The maximum Gasteiger partial charge on any atom is 0.422 e. The predicted octanol–water partition coefficient (Wildman–Crippen LogP) is 2.86. The SMILES string of the molecule is FC(F)(F)COc1ccc(CNC2CCCNCC2)cc1.